The van der Waals surface area contributed by atoms with Crippen LogP contribution in [0.5, 0.6) is 5.75 Å². The summed E-state index contributed by atoms with van der Waals surface area (Å²) in [6.07, 6.45) is 5.16. The number of aliphatic hydroxyl groups is 1. The van der Waals surface area contributed by atoms with Crippen molar-refractivity contribution in [3.8, 4) is 5.75 Å². The normalized spacial score (nSPS) is 24.3. The summed E-state index contributed by atoms with van der Waals surface area (Å²) >= 11 is 0. The van der Waals surface area contributed by atoms with Gasteiger partial charge >= 0.3 is 0 Å². The molecule has 9 nitrogen and oxygen atoms in total. The van der Waals surface area contributed by atoms with Gasteiger partial charge in [0.05, 0.1) is 19.2 Å². The predicted octanol–water partition coefficient (Wildman–Crippen LogP) is 1.74. The first-order valence-electron chi connectivity index (χ1n) is 14.3. The van der Waals surface area contributed by atoms with Crippen LogP contribution in [0.3, 0.4) is 0 Å². The summed E-state index contributed by atoms with van der Waals surface area (Å²) in [5, 5.41) is 18.5. The van der Waals surface area contributed by atoms with Crippen molar-refractivity contribution in [3.63, 3.8) is 0 Å². The third kappa shape index (κ3) is 8.05. The van der Waals surface area contributed by atoms with E-state index in [1.165, 1.54) is 23.1 Å². The summed E-state index contributed by atoms with van der Waals surface area (Å²) in [4.78, 5) is 39.3. The fraction of sp³-hybridized carbons (Fsp3) is 0.516. The monoisotopic (exact) mass is 550 g/mol. The number of nitrogens with zero attached hydrogens (tertiary/aromatic N) is 1. The van der Waals surface area contributed by atoms with Crippen LogP contribution in [0, 0.1) is 12.8 Å². The van der Waals surface area contributed by atoms with Crippen LogP contribution in [0.2, 0.25) is 0 Å². The number of nitrogens with one attached hydrogen (secondary N) is 3. The lowest BCUT2D eigenvalue weighted by Crippen LogP contribution is -2.57. The van der Waals surface area contributed by atoms with E-state index in [0.717, 1.165) is 49.8 Å². The van der Waals surface area contributed by atoms with Crippen molar-refractivity contribution in [1.29, 1.82) is 0 Å². The second-order valence-electron chi connectivity index (χ2n) is 10.9. The van der Waals surface area contributed by atoms with Crippen LogP contribution < -0.4 is 20.7 Å². The number of carbonyl (C=O) groups is 3. The molecule has 3 aliphatic rings. The third-order valence-corrected chi connectivity index (χ3v) is 7.72. The van der Waals surface area contributed by atoms with Gasteiger partial charge in [-0.1, -0.05) is 54.1 Å². The Morgan fingerprint density at radius 3 is 2.33 bits per heavy atom. The van der Waals surface area contributed by atoms with Crippen molar-refractivity contribution in [2.45, 2.75) is 63.6 Å². The number of rotatable bonds is 2. The summed E-state index contributed by atoms with van der Waals surface area (Å²) in [5.74, 6) is 0.0663. The molecule has 3 amide bonds. The molecule has 2 bridgehead atoms. The number of carbonyl (C=O) groups excluding carboxylic acids is 3. The summed E-state index contributed by atoms with van der Waals surface area (Å²) in [6, 6.07) is 15.0. The van der Waals surface area contributed by atoms with Gasteiger partial charge < -0.3 is 30.7 Å². The molecule has 2 heterocycles. The van der Waals surface area contributed by atoms with Gasteiger partial charge in [-0.15, -0.1) is 0 Å². The standard InChI is InChI=1S/C24H34N4O5.C7H8/c1-28-19(14-29)23(31)27-13-20(30)25-11-3-6-16-4-2-5-17-9-10-18(33-22(16)17)12-26-21(24(28)32)15-7-8-15;1-7-5-3-2-4-6-7/h2,4-5,15,18-19,21,26,29H,3,6-14H2,1H3,(H,25,30)(H,27,31);2-6H,1H3. The molecule has 1 fully saturated rings. The smallest absolute Gasteiger partial charge is 0.245 e. The van der Waals surface area contributed by atoms with Crippen molar-refractivity contribution in [2.24, 2.45) is 5.92 Å². The van der Waals surface area contributed by atoms with Gasteiger partial charge in [-0.3, -0.25) is 14.4 Å². The highest BCUT2D eigenvalue weighted by Crippen LogP contribution is 2.35. The minimum absolute atomic E-state index is 0.0477. The van der Waals surface area contributed by atoms with Gasteiger partial charge in [-0.05, 0) is 62.5 Å². The number of benzene rings is 2. The average molecular weight is 551 g/mol. The van der Waals surface area contributed by atoms with Gasteiger partial charge in [-0.25, -0.2) is 0 Å². The fourth-order valence-electron chi connectivity index (χ4n) is 5.16. The van der Waals surface area contributed by atoms with Crippen molar-refractivity contribution < 1.29 is 24.2 Å². The van der Waals surface area contributed by atoms with E-state index in [0.29, 0.717) is 13.1 Å². The van der Waals surface area contributed by atoms with Gasteiger partial charge in [0.25, 0.3) is 0 Å². The maximum absolute atomic E-state index is 13.3. The predicted molar refractivity (Wildman–Crippen MR) is 153 cm³/mol. The van der Waals surface area contributed by atoms with Crippen LogP contribution in [0.1, 0.15) is 42.4 Å². The minimum atomic E-state index is -1.05. The molecule has 0 radical (unpaired) electrons. The molecule has 1 aliphatic carbocycles. The Kier molecular flexibility index (Phi) is 10.5. The van der Waals surface area contributed by atoms with Crippen LogP contribution >= 0.6 is 0 Å². The van der Waals surface area contributed by atoms with Crippen LogP contribution in [-0.2, 0) is 27.2 Å². The molecular formula is C31H42N4O5. The van der Waals surface area contributed by atoms with E-state index in [1.54, 1.807) is 0 Å². The average Bonchev–Trinajstić information content (AvgIpc) is 3.80. The van der Waals surface area contributed by atoms with E-state index in [2.05, 4.69) is 47.1 Å². The lowest BCUT2D eigenvalue weighted by atomic mass is 9.97. The van der Waals surface area contributed by atoms with Gasteiger partial charge in [0.1, 0.15) is 17.9 Å². The Morgan fingerprint density at radius 2 is 1.68 bits per heavy atom. The molecule has 0 spiro atoms. The zero-order valence-corrected chi connectivity index (χ0v) is 23.5. The molecule has 3 unspecified atom stereocenters. The van der Waals surface area contributed by atoms with E-state index in [1.807, 2.05) is 24.3 Å². The van der Waals surface area contributed by atoms with Crippen molar-refractivity contribution in [1.82, 2.24) is 20.9 Å². The summed E-state index contributed by atoms with van der Waals surface area (Å²) in [6.45, 7) is 2.39. The summed E-state index contributed by atoms with van der Waals surface area (Å²) < 4.78 is 6.37. The Balaban J connectivity index is 0.000000461. The molecule has 0 aromatic heterocycles. The number of para-hydroxylation sites is 1. The Bertz CT molecular complexity index is 1150. The number of aliphatic hydroxyl groups excluding tert-OH is 1. The molecular weight excluding hydrogens is 508 g/mol. The zero-order chi connectivity index (χ0) is 28.5. The van der Waals surface area contributed by atoms with Gasteiger partial charge in [0, 0.05) is 20.1 Å². The van der Waals surface area contributed by atoms with Crippen LogP contribution in [-0.4, -0.2) is 79.2 Å². The number of hydrogen-bond acceptors (Lipinski definition) is 6. The van der Waals surface area contributed by atoms with Gasteiger partial charge in [0.15, 0.2) is 0 Å². The largest absolute Gasteiger partial charge is 0.489 e. The second kappa shape index (κ2) is 14.3. The molecule has 1 saturated carbocycles. The molecule has 3 atom stereocenters. The second-order valence-corrected chi connectivity index (χ2v) is 10.9. The molecule has 2 aliphatic heterocycles. The zero-order valence-electron chi connectivity index (χ0n) is 23.5. The Hall–Kier alpha value is -3.43. The maximum Gasteiger partial charge on any atom is 0.245 e. The first kappa shape index (κ1) is 29.6. The molecule has 2 aromatic carbocycles. The number of aryl methyl sites for hydroxylation is 3. The number of likely N-dealkylation sites (N-methyl/N-ethyl adjacent to an activating group) is 1. The number of amides is 3. The van der Waals surface area contributed by atoms with Crippen LogP contribution in [0.4, 0.5) is 0 Å². The topological polar surface area (TPSA) is 120 Å². The van der Waals surface area contributed by atoms with E-state index in [-0.39, 0.29) is 30.4 Å². The Labute approximate surface area is 236 Å². The van der Waals surface area contributed by atoms with Gasteiger partial charge in [0.2, 0.25) is 17.7 Å². The van der Waals surface area contributed by atoms with Crippen molar-refractivity contribution >= 4 is 17.7 Å². The highest BCUT2D eigenvalue weighted by Gasteiger charge is 2.40. The summed E-state index contributed by atoms with van der Waals surface area (Å²) in [7, 11) is 1.53. The van der Waals surface area contributed by atoms with Gasteiger partial charge in [-0.2, -0.15) is 0 Å². The van der Waals surface area contributed by atoms with Crippen LogP contribution in [0.25, 0.3) is 0 Å². The molecule has 0 saturated heterocycles. The highest BCUT2D eigenvalue weighted by atomic mass is 16.5. The maximum atomic E-state index is 13.3. The van der Waals surface area contributed by atoms with Crippen molar-refractivity contribution in [2.75, 3.05) is 33.3 Å². The fourth-order valence-corrected chi connectivity index (χ4v) is 5.16. The van der Waals surface area contributed by atoms with E-state index < -0.39 is 24.6 Å². The molecule has 40 heavy (non-hydrogen) atoms. The first-order valence-corrected chi connectivity index (χ1v) is 14.3. The molecule has 5 rings (SSSR count). The first-order chi connectivity index (χ1) is 19.4. The third-order valence-electron chi connectivity index (χ3n) is 7.72. The SMILES string of the molecule is CN1C(=O)C(C2CC2)NCC2CCc3cccc(c3O2)CCCNC(=O)CNC(=O)C1CO.Cc1ccccc1. The number of ether oxygens (including phenoxy) is 1. The molecule has 2 aromatic rings. The lowest BCUT2D eigenvalue weighted by molar-refractivity contribution is -0.142. The molecule has 216 valence electrons. The summed E-state index contributed by atoms with van der Waals surface area (Å²) in [5.41, 5.74) is 3.65. The van der Waals surface area contributed by atoms with E-state index >= 15 is 0 Å². The lowest BCUT2D eigenvalue weighted by Gasteiger charge is -2.32. The van der Waals surface area contributed by atoms with Crippen molar-refractivity contribution in [3.05, 3.63) is 65.2 Å². The quantitative estimate of drug-likeness (QED) is 0.452. The molecule has 4 N–H and O–H groups in total. The number of fused-ring (bicyclic) bond motifs is 1. The molecule has 9 heteroatoms. The van der Waals surface area contributed by atoms with E-state index in [4.69, 9.17) is 4.74 Å². The van der Waals surface area contributed by atoms with Crippen LogP contribution in [0.15, 0.2) is 48.5 Å². The van der Waals surface area contributed by atoms with E-state index in [9.17, 15) is 19.5 Å². The minimum Gasteiger partial charge on any atom is -0.489 e. The Morgan fingerprint density at radius 1 is 0.950 bits per heavy atom. The number of hydrogen-bond donors (Lipinski definition) is 4. The highest BCUT2D eigenvalue weighted by molar-refractivity contribution is 5.92.